The normalized spacial score (nSPS) is 30.3. The summed E-state index contributed by atoms with van der Waals surface area (Å²) in [6, 6.07) is 1.99. The van der Waals surface area contributed by atoms with Gasteiger partial charge in [0.2, 0.25) is 0 Å². The van der Waals surface area contributed by atoms with E-state index >= 15 is 0 Å². The van der Waals surface area contributed by atoms with E-state index < -0.39 is 0 Å². The van der Waals surface area contributed by atoms with Gasteiger partial charge in [0, 0.05) is 37.8 Å². The summed E-state index contributed by atoms with van der Waals surface area (Å²) in [5.74, 6) is 0.759. The molecule has 1 saturated heterocycles. The van der Waals surface area contributed by atoms with E-state index in [-0.39, 0.29) is 0 Å². The number of piperazine rings is 1. The van der Waals surface area contributed by atoms with Crippen molar-refractivity contribution in [3.8, 4) is 0 Å². The standard InChI is InChI=1S/C15H33N3/c1-7-12(3)15(16-8-2)11-18-9-13(4)17(6)14(5)10-18/h12-16H,7-11H2,1-6H3. The Balaban J connectivity index is 2.53. The zero-order valence-corrected chi connectivity index (χ0v) is 13.2. The van der Waals surface area contributed by atoms with Crippen molar-refractivity contribution in [3.63, 3.8) is 0 Å². The molecule has 0 aromatic carbocycles. The zero-order valence-electron chi connectivity index (χ0n) is 13.2. The second-order valence-electron chi connectivity index (χ2n) is 6.13. The molecular formula is C15H33N3. The molecule has 1 fully saturated rings. The highest BCUT2D eigenvalue weighted by atomic mass is 15.3. The summed E-state index contributed by atoms with van der Waals surface area (Å²) < 4.78 is 0. The monoisotopic (exact) mass is 255 g/mol. The first-order chi connectivity index (χ1) is 8.49. The number of likely N-dealkylation sites (N-methyl/N-ethyl adjacent to an activating group) is 2. The van der Waals surface area contributed by atoms with Crippen LogP contribution in [0, 0.1) is 5.92 Å². The number of hydrogen-bond acceptors (Lipinski definition) is 3. The molecule has 4 unspecified atom stereocenters. The quantitative estimate of drug-likeness (QED) is 0.783. The first-order valence-electron chi connectivity index (χ1n) is 7.67. The van der Waals surface area contributed by atoms with Crippen LogP contribution in [-0.4, -0.2) is 61.2 Å². The fraction of sp³-hybridized carbons (Fsp3) is 1.00. The van der Waals surface area contributed by atoms with Gasteiger partial charge in [-0.1, -0.05) is 27.2 Å². The minimum Gasteiger partial charge on any atom is -0.313 e. The Bertz CT molecular complexity index is 220. The number of nitrogens with one attached hydrogen (secondary N) is 1. The Labute approximate surface area is 114 Å². The lowest BCUT2D eigenvalue weighted by molar-refractivity contribution is 0.0501. The zero-order chi connectivity index (χ0) is 13.7. The van der Waals surface area contributed by atoms with Gasteiger partial charge in [-0.2, -0.15) is 0 Å². The van der Waals surface area contributed by atoms with Crippen LogP contribution in [-0.2, 0) is 0 Å². The summed E-state index contributed by atoms with van der Waals surface area (Å²) in [5, 5.41) is 3.67. The molecule has 0 aromatic heterocycles. The Morgan fingerprint density at radius 3 is 2.17 bits per heavy atom. The van der Waals surface area contributed by atoms with Crippen LogP contribution in [0.2, 0.25) is 0 Å². The number of hydrogen-bond donors (Lipinski definition) is 1. The third-order valence-corrected chi connectivity index (χ3v) is 4.69. The van der Waals surface area contributed by atoms with Crippen molar-refractivity contribution in [1.29, 1.82) is 0 Å². The van der Waals surface area contributed by atoms with E-state index in [1.807, 2.05) is 0 Å². The molecule has 0 radical (unpaired) electrons. The molecule has 1 aliphatic heterocycles. The summed E-state index contributed by atoms with van der Waals surface area (Å²) in [6.45, 7) is 16.3. The summed E-state index contributed by atoms with van der Waals surface area (Å²) in [7, 11) is 2.25. The molecule has 108 valence electrons. The van der Waals surface area contributed by atoms with Gasteiger partial charge in [0.15, 0.2) is 0 Å². The molecule has 1 aliphatic rings. The maximum atomic E-state index is 3.67. The minimum atomic E-state index is 0.641. The van der Waals surface area contributed by atoms with Crippen LogP contribution in [0.4, 0.5) is 0 Å². The fourth-order valence-corrected chi connectivity index (χ4v) is 2.93. The lowest BCUT2D eigenvalue weighted by Crippen LogP contribution is -2.57. The van der Waals surface area contributed by atoms with Gasteiger partial charge in [0.25, 0.3) is 0 Å². The second kappa shape index (κ2) is 7.46. The molecular weight excluding hydrogens is 222 g/mol. The smallest absolute Gasteiger partial charge is 0.0220 e. The summed E-state index contributed by atoms with van der Waals surface area (Å²) >= 11 is 0. The third-order valence-electron chi connectivity index (χ3n) is 4.69. The van der Waals surface area contributed by atoms with E-state index in [1.165, 1.54) is 26.1 Å². The molecule has 4 atom stereocenters. The predicted molar refractivity (Wildman–Crippen MR) is 80.0 cm³/mol. The van der Waals surface area contributed by atoms with Gasteiger partial charge < -0.3 is 5.32 Å². The number of rotatable bonds is 6. The molecule has 0 bridgehead atoms. The largest absolute Gasteiger partial charge is 0.313 e. The fourth-order valence-electron chi connectivity index (χ4n) is 2.93. The van der Waals surface area contributed by atoms with E-state index in [0.29, 0.717) is 18.1 Å². The Hall–Kier alpha value is -0.120. The third kappa shape index (κ3) is 4.22. The van der Waals surface area contributed by atoms with Crippen LogP contribution in [0.1, 0.15) is 41.0 Å². The average molecular weight is 255 g/mol. The molecule has 3 nitrogen and oxygen atoms in total. The van der Waals surface area contributed by atoms with E-state index in [9.17, 15) is 0 Å². The van der Waals surface area contributed by atoms with Crippen LogP contribution >= 0.6 is 0 Å². The van der Waals surface area contributed by atoms with Crippen LogP contribution in [0.5, 0.6) is 0 Å². The number of nitrogens with zero attached hydrogens (tertiary/aromatic N) is 2. The van der Waals surface area contributed by atoms with Crippen LogP contribution in [0.15, 0.2) is 0 Å². The van der Waals surface area contributed by atoms with Crippen LogP contribution in [0.3, 0.4) is 0 Å². The van der Waals surface area contributed by atoms with Crippen molar-refractivity contribution in [2.45, 2.75) is 59.2 Å². The van der Waals surface area contributed by atoms with Crippen molar-refractivity contribution in [2.24, 2.45) is 5.92 Å². The summed E-state index contributed by atoms with van der Waals surface area (Å²) in [5.41, 5.74) is 0. The molecule has 0 spiro atoms. The first kappa shape index (κ1) is 15.9. The van der Waals surface area contributed by atoms with Crippen molar-refractivity contribution < 1.29 is 0 Å². The highest BCUT2D eigenvalue weighted by molar-refractivity contribution is 4.86. The highest BCUT2D eigenvalue weighted by Gasteiger charge is 2.28. The maximum absolute atomic E-state index is 3.67. The van der Waals surface area contributed by atoms with Gasteiger partial charge in [0.1, 0.15) is 0 Å². The van der Waals surface area contributed by atoms with Gasteiger partial charge in [-0.15, -0.1) is 0 Å². The predicted octanol–water partition coefficient (Wildman–Crippen LogP) is 2.03. The second-order valence-corrected chi connectivity index (χ2v) is 6.13. The van der Waals surface area contributed by atoms with Gasteiger partial charge in [-0.3, -0.25) is 9.80 Å². The van der Waals surface area contributed by atoms with Gasteiger partial charge in [0.05, 0.1) is 0 Å². The van der Waals surface area contributed by atoms with Gasteiger partial charge >= 0.3 is 0 Å². The molecule has 1 rings (SSSR count). The van der Waals surface area contributed by atoms with E-state index in [4.69, 9.17) is 0 Å². The summed E-state index contributed by atoms with van der Waals surface area (Å²) in [4.78, 5) is 5.15. The highest BCUT2D eigenvalue weighted by Crippen LogP contribution is 2.16. The maximum Gasteiger partial charge on any atom is 0.0220 e. The van der Waals surface area contributed by atoms with Crippen molar-refractivity contribution in [2.75, 3.05) is 33.2 Å². The SMILES string of the molecule is CCNC(CN1CC(C)N(C)C(C)C1)C(C)CC. The molecule has 1 heterocycles. The molecule has 0 aliphatic carbocycles. The topological polar surface area (TPSA) is 18.5 Å². The molecule has 0 amide bonds. The summed E-state index contributed by atoms with van der Waals surface area (Å²) in [6.07, 6.45) is 1.26. The first-order valence-corrected chi connectivity index (χ1v) is 7.67. The molecule has 1 N–H and O–H groups in total. The van der Waals surface area contributed by atoms with Crippen molar-refractivity contribution in [1.82, 2.24) is 15.1 Å². The lowest BCUT2D eigenvalue weighted by Gasteiger charge is -2.44. The lowest BCUT2D eigenvalue weighted by atomic mass is 9.97. The van der Waals surface area contributed by atoms with Crippen LogP contribution < -0.4 is 5.32 Å². The molecule has 3 heteroatoms. The van der Waals surface area contributed by atoms with Gasteiger partial charge in [-0.05, 0) is 33.4 Å². The van der Waals surface area contributed by atoms with Gasteiger partial charge in [-0.25, -0.2) is 0 Å². The average Bonchev–Trinajstić information content (AvgIpc) is 2.34. The van der Waals surface area contributed by atoms with E-state index in [0.717, 1.165) is 12.5 Å². The molecule has 0 aromatic rings. The Morgan fingerprint density at radius 2 is 1.72 bits per heavy atom. The van der Waals surface area contributed by atoms with Crippen molar-refractivity contribution >= 4 is 0 Å². The van der Waals surface area contributed by atoms with E-state index in [1.54, 1.807) is 0 Å². The minimum absolute atomic E-state index is 0.641. The van der Waals surface area contributed by atoms with Crippen LogP contribution in [0.25, 0.3) is 0 Å². The molecule has 0 saturated carbocycles. The molecule has 18 heavy (non-hydrogen) atoms. The van der Waals surface area contributed by atoms with E-state index in [2.05, 4.69) is 56.8 Å². The Kier molecular flexibility index (Phi) is 6.61. The Morgan fingerprint density at radius 1 is 1.17 bits per heavy atom. The van der Waals surface area contributed by atoms with Crippen molar-refractivity contribution in [3.05, 3.63) is 0 Å².